The monoisotopic (exact) mass is 267 g/mol. The lowest BCUT2D eigenvalue weighted by atomic mass is 9.90. The number of hydrogen-bond acceptors (Lipinski definition) is 3. The summed E-state index contributed by atoms with van der Waals surface area (Å²) in [5, 5.41) is 6.68. The molecule has 2 aliphatic rings. The Labute approximate surface area is 117 Å². The zero-order valence-corrected chi connectivity index (χ0v) is 12.5. The first-order valence-corrected chi connectivity index (χ1v) is 7.96. The van der Waals surface area contributed by atoms with E-state index in [4.69, 9.17) is 0 Å². The summed E-state index contributed by atoms with van der Waals surface area (Å²) in [5.74, 6) is 0.441. The molecule has 0 aromatic carbocycles. The molecule has 2 unspecified atom stereocenters. The number of likely N-dealkylation sites (tertiary alicyclic amines) is 1. The smallest absolute Gasteiger partial charge is 0.224 e. The van der Waals surface area contributed by atoms with Crippen LogP contribution in [0.25, 0.3) is 0 Å². The summed E-state index contributed by atoms with van der Waals surface area (Å²) in [5.41, 5.74) is 0. The Morgan fingerprint density at radius 1 is 1.32 bits per heavy atom. The molecule has 0 bridgehead atoms. The lowest BCUT2D eigenvalue weighted by Gasteiger charge is -2.34. The van der Waals surface area contributed by atoms with Gasteiger partial charge in [-0.2, -0.15) is 0 Å². The lowest BCUT2D eigenvalue weighted by molar-refractivity contribution is -0.127. The molecule has 2 N–H and O–H groups in total. The van der Waals surface area contributed by atoms with Crippen molar-refractivity contribution in [3.8, 4) is 0 Å². The summed E-state index contributed by atoms with van der Waals surface area (Å²) in [6.45, 7) is 8.89. The summed E-state index contributed by atoms with van der Waals surface area (Å²) < 4.78 is 0. The molecule has 2 aliphatic heterocycles. The van der Waals surface area contributed by atoms with E-state index < -0.39 is 0 Å². The molecule has 4 heteroatoms. The quantitative estimate of drug-likeness (QED) is 0.808. The molecule has 0 aromatic heterocycles. The van der Waals surface area contributed by atoms with Crippen LogP contribution < -0.4 is 10.6 Å². The van der Waals surface area contributed by atoms with E-state index in [-0.39, 0.29) is 11.8 Å². The highest BCUT2D eigenvalue weighted by Gasteiger charge is 2.29. The first-order valence-electron chi connectivity index (χ1n) is 7.96. The highest BCUT2D eigenvalue weighted by atomic mass is 16.2. The third kappa shape index (κ3) is 4.18. The number of nitrogens with zero attached hydrogens (tertiary/aromatic N) is 1. The van der Waals surface area contributed by atoms with Crippen molar-refractivity contribution in [2.24, 2.45) is 5.92 Å². The van der Waals surface area contributed by atoms with E-state index in [1.807, 2.05) is 0 Å². The maximum Gasteiger partial charge on any atom is 0.224 e. The van der Waals surface area contributed by atoms with Gasteiger partial charge in [0.05, 0.1) is 5.92 Å². The molecule has 0 spiro atoms. The Morgan fingerprint density at radius 2 is 2.05 bits per heavy atom. The van der Waals surface area contributed by atoms with Crippen LogP contribution in [-0.4, -0.2) is 49.1 Å². The van der Waals surface area contributed by atoms with Crippen LogP contribution in [0.4, 0.5) is 0 Å². The van der Waals surface area contributed by atoms with Crippen molar-refractivity contribution >= 4 is 5.91 Å². The minimum atomic E-state index is 0.169. The number of rotatable bonds is 4. The van der Waals surface area contributed by atoms with Gasteiger partial charge in [0.15, 0.2) is 0 Å². The Hall–Kier alpha value is -0.610. The van der Waals surface area contributed by atoms with E-state index in [1.165, 1.54) is 13.0 Å². The second-order valence-electron chi connectivity index (χ2n) is 6.12. The van der Waals surface area contributed by atoms with E-state index in [9.17, 15) is 4.79 Å². The summed E-state index contributed by atoms with van der Waals surface area (Å²) in [7, 11) is 0. The van der Waals surface area contributed by atoms with E-state index in [2.05, 4.69) is 29.4 Å². The summed E-state index contributed by atoms with van der Waals surface area (Å²) in [6.07, 6.45) is 5.61. The molecule has 2 saturated heterocycles. The number of nitrogens with one attached hydrogen (secondary N) is 2. The zero-order valence-electron chi connectivity index (χ0n) is 12.5. The summed E-state index contributed by atoms with van der Waals surface area (Å²) >= 11 is 0. The van der Waals surface area contributed by atoms with E-state index in [0.29, 0.717) is 12.1 Å². The number of piperidine rings is 2. The molecule has 0 aliphatic carbocycles. The molecule has 1 amide bonds. The van der Waals surface area contributed by atoms with Crippen LogP contribution in [0.3, 0.4) is 0 Å². The van der Waals surface area contributed by atoms with Gasteiger partial charge in [0.1, 0.15) is 0 Å². The van der Waals surface area contributed by atoms with Gasteiger partial charge in [-0.05, 0) is 52.1 Å². The molecule has 2 atom stereocenters. The maximum atomic E-state index is 12.3. The van der Waals surface area contributed by atoms with Crippen LogP contribution in [0, 0.1) is 5.92 Å². The Bertz CT molecular complexity index is 287. The Morgan fingerprint density at radius 3 is 2.68 bits per heavy atom. The number of hydrogen-bond donors (Lipinski definition) is 2. The van der Waals surface area contributed by atoms with Gasteiger partial charge in [0, 0.05) is 25.2 Å². The fourth-order valence-electron chi connectivity index (χ4n) is 3.33. The van der Waals surface area contributed by atoms with E-state index >= 15 is 0 Å². The van der Waals surface area contributed by atoms with Gasteiger partial charge >= 0.3 is 0 Å². The van der Waals surface area contributed by atoms with Crippen molar-refractivity contribution in [1.29, 1.82) is 0 Å². The van der Waals surface area contributed by atoms with Crippen LogP contribution in [0.1, 0.15) is 46.0 Å². The fourth-order valence-corrected chi connectivity index (χ4v) is 3.33. The molecular weight excluding hydrogens is 238 g/mol. The third-order valence-corrected chi connectivity index (χ3v) is 4.57. The molecule has 2 heterocycles. The molecule has 2 rings (SSSR count). The Balaban J connectivity index is 1.74. The normalized spacial score (nSPS) is 30.2. The van der Waals surface area contributed by atoms with Gasteiger partial charge in [-0.15, -0.1) is 0 Å². The third-order valence-electron chi connectivity index (χ3n) is 4.57. The topological polar surface area (TPSA) is 44.4 Å². The van der Waals surface area contributed by atoms with Gasteiger partial charge in [0.25, 0.3) is 0 Å². The van der Waals surface area contributed by atoms with Crippen LogP contribution in [0.2, 0.25) is 0 Å². The Kier molecular flexibility index (Phi) is 5.64. The standard InChI is InChI=1S/C15H29N3O/c1-3-9-18-10-6-13(7-11-18)17-15(19)14-5-4-8-16-12(14)2/h12-14,16H,3-11H2,1-2H3,(H,17,19). The summed E-state index contributed by atoms with van der Waals surface area (Å²) in [6, 6.07) is 0.726. The van der Waals surface area contributed by atoms with Crippen molar-refractivity contribution in [3.05, 3.63) is 0 Å². The van der Waals surface area contributed by atoms with Crippen molar-refractivity contribution in [2.45, 2.75) is 58.0 Å². The summed E-state index contributed by atoms with van der Waals surface area (Å²) in [4.78, 5) is 14.8. The van der Waals surface area contributed by atoms with Crippen molar-refractivity contribution in [1.82, 2.24) is 15.5 Å². The molecule has 0 saturated carbocycles. The molecular formula is C15H29N3O. The van der Waals surface area contributed by atoms with Gasteiger partial charge in [0.2, 0.25) is 5.91 Å². The minimum Gasteiger partial charge on any atom is -0.353 e. The largest absolute Gasteiger partial charge is 0.353 e. The maximum absolute atomic E-state index is 12.3. The molecule has 0 radical (unpaired) electrons. The van der Waals surface area contributed by atoms with Crippen LogP contribution in [0.5, 0.6) is 0 Å². The SMILES string of the molecule is CCCN1CCC(NC(=O)C2CCCNC2C)CC1. The average molecular weight is 267 g/mol. The van der Waals surface area contributed by atoms with Crippen molar-refractivity contribution in [3.63, 3.8) is 0 Å². The molecule has 4 nitrogen and oxygen atoms in total. The second kappa shape index (κ2) is 7.25. The number of carbonyl (C=O) groups is 1. The van der Waals surface area contributed by atoms with Crippen LogP contribution in [0.15, 0.2) is 0 Å². The number of carbonyl (C=O) groups excluding carboxylic acids is 1. The van der Waals surface area contributed by atoms with E-state index in [1.54, 1.807) is 0 Å². The average Bonchev–Trinajstić information content (AvgIpc) is 2.42. The second-order valence-corrected chi connectivity index (χ2v) is 6.12. The predicted octanol–water partition coefficient (Wildman–Crippen LogP) is 1.37. The van der Waals surface area contributed by atoms with Crippen LogP contribution in [-0.2, 0) is 4.79 Å². The fraction of sp³-hybridized carbons (Fsp3) is 0.933. The van der Waals surface area contributed by atoms with Gasteiger partial charge in [-0.3, -0.25) is 4.79 Å². The predicted molar refractivity (Wildman–Crippen MR) is 78.1 cm³/mol. The first-order chi connectivity index (χ1) is 9.20. The highest BCUT2D eigenvalue weighted by Crippen LogP contribution is 2.18. The van der Waals surface area contributed by atoms with Crippen LogP contribution >= 0.6 is 0 Å². The van der Waals surface area contributed by atoms with Crippen molar-refractivity contribution < 1.29 is 4.79 Å². The number of amides is 1. The molecule has 19 heavy (non-hydrogen) atoms. The molecule has 2 fully saturated rings. The van der Waals surface area contributed by atoms with Gasteiger partial charge in [-0.25, -0.2) is 0 Å². The lowest BCUT2D eigenvalue weighted by Crippen LogP contribution is -2.51. The van der Waals surface area contributed by atoms with Gasteiger partial charge < -0.3 is 15.5 Å². The first kappa shape index (κ1) is 14.8. The van der Waals surface area contributed by atoms with Gasteiger partial charge in [-0.1, -0.05) is 6.92 Å². The van der Waals surface area contributed by atoms with Crippen molar-refractivity contribution in [2.75, 3.05) is 26.2 Å². The van der Waals surface area contributed by atoms with E-state index in [0.717, 1.165) is 45.3 Å². The molecule has 110 valence electrons. The zero-order chi connectivity index (χ0) is 13.7. The highest BCUT2D eigenvalue weighted by molar-refractivity contribution is 5.79. The molecule has 0 aromatic rings. The minimum absolute atomic E-state index is 0.169.